The number of rotatable bonds is 2. The van der Waals surface area contributed by atoms with Crippen LogP contribution in [-0.2, 0) is 9.59 Å². The van der Waals surface area contributed by atoms with Gasteiger partial charge in [0.05, 0.1) is 0 Å². The van der Waals surface area contributed by atoms with Crippen LogP contribution in [0.2, 0.25) is 0 Å². The van der Waals surface area contributed by atoms with Gasteiger partial charge in [-0.1, -0.05) is 13.8 Å². The third-order valence-electron chi connectivity index (χ3n) is 4.83. The van der Waals surface area contributed by atoms with E-state index in [1.54, 1.807) is 24.3 Å². The molecule has 1 aliphatic rings. The van der Waals surface area contributed by atoms with Crippen molar-refractivity contribution in [3.8, 4) is 0 Å². The molecule has 0 spiro atoms. The fourth-order valence-electron chi connectivity index (χ4n) is 3.45. The molecule has 1 aromatic heterocycles. The third kappa shape index (κ3) is 4.07. The fourth-order valence-corrected chi connectivity index (χ4v) is 3.45. The number of hydrogen-bond donors (Lipinski definition) is 2. The molecule has 0 radical (unpaired) electrons. The van der Waals surface area contributed by atoms with E-state index in [0.29, 0.717) is 28.5 Å². The number of amides is 2. The molecule has 0 aliphatic heterocycles. The summed E-state index contributed by atoms with van der Waals surface area (Å²) in [4.78, 5) is 35.5. The fraction of sp³-hybridized carbons (Fsp3) is 0.421. The largest absolute Gasteiger partial charge is 0.423 e. The van der Waals surface area contributed by atoms with Gasteiger partial charge in [0.1, 0.15) is 5.58 Å². The van der Waals surface area contributed by atoms with Crippen LogP contribution in [0.3, 0.4) is 0 Å². The van der Waals surface area contributed by atoms with Crippen molar-refractivity contribution >= 4 is 28.5 Å². The standard InChI is InChI=1S/C19H22N2O4/c1-11-3-6-15(12(2)9-11)21-19(24)18(23)20-14-5-7-16-13(10-14)4-8-17(22)25-16/h4-5,7-8,10-12,15H,3,6,9H2,1-2H3,(H,20,23)(H,21,24)/t11-,12-,15+/m1/s1. The van der Waals surface area contributed by atoms with Crippen molar-refractivity contribution in [2.24, 2.45) is 11.8 Å². The quantitative estimate of drug-likeness (QED) is 0.649. The first kappa shape index (κ1) is 17.2. The number of carbonyl (C=O) groups is 2. The highest BCUT2D eigenvalue weighted by Gasteiger charge is 2.28. The Morgan fingerprint density at radius 3 is 2.64 bits per heavy atom. The second kappa shape index (κ2) is 7.09. The Kier molecular flexibility index (Phi) is 4.88. The molecule has 1 saturated carbocycles. The molecule has 3 rings (SSSR count). The van der Waals surface area contributed by atoms with Gasteiger partial charge in [-0.3, -0.25) is 9.59 Å². The SMILES string of the molecule is C[C@@H]1CC[C@H](NC(=O)C(=O)Nc2ccc3oc(=O)ccc3c2)[C@H](C)C1. The molecule has 0 bridgehead atoms. The van der Waals surface area contributed by atoms with E-state index in [1.165, 1.54) is 6.07 Å². The van der Waals surface area contributed by atoms with Gasteiger partial charge in [0.25, 0.3) is 0 Å². The number of anilines is 1. The Bertz CT molecular complexity index is 858. The van der Waals surface area contributed by atoms with Crippen molar-refractivity contribution in [2.75, 3.05) is 5.32 Å². The summed E-state index contributed by atoms with van der Waals surface area (Å²) in [5.74, 6) is -0.285. The molecule has 1 aromatic carbocycles. The minimum absolute atomic E-state index is 0.0420. The van der Waals surface area contributed by atoms with E-state index in [1.807, 2.05) is 0 Å². The van der Waals surface area contributed by atoms with Crippen LogP contribution in [0.1, 0.15) is 33.1 Å². The molecular formula is C19H22N2O4. The van der Waals surface area contributed by atoms with Crippen molar-refractivity contribution in [1.82, 2.24) is 5.32 Å². The molecule has 25 heavy (non-hydrogen) atoms. The van der Waals surface area contributed by atoms with E-state index in [2.05, 4.69) is 24.5 Å². The summed E-state index contributed by atoms with van der Waals surface area (Å²) in [6.07, 6.45) is 3.02. The van der Waals surface area contributed by atoms with Gasteiger partial charge in [0.2, 0.25) is 0 Å². The number of hydrogen-bond acceptors (Lipinski definition) is 4. The molecule has 2 N–H and O–H groups in total. The zero-order valence-corrected chi connectivity index (χ0v) is 14.4. The smallest absolute Gasteiger partial charge is 0.336 e. The summed E-state index contributed by atoms with van der Waals surface area (Å²) in [6, 6.07) is 7.82. The predicted molar refractivity (Wildman–Crippen MR) is 95.2 cm³/mol. The summed E-state index contributed by atoms with van der Waals surface area (Å²) in [5.41, 5.74) is 0.478. The second-order valence-electron chi connectivity index (χ2n) is 6.94. The predicted octanol–water partition coefficient (Wildman–Crippen LogP) is 2.67. The summed E-state index contributed by atoms with van der Waals surface area (Å²) >= 11 is 0. The first-order valence-corrected chi connectivity index (χ1v) is 8.58. The van der Waals surface area contributed by atoms with Crippen LogP contribution in [0, 0.1) is 11.8 Å². The minimum atomic E-state index is -0.692. The summed E-state index contributed by atoms with van der Waals surface area (Å²) < 4.78 is 5.04. The Morgan fingerprint density at radius 2 is 1.88 bits per heavy atom. The van der Waals surface area contributed by atoms with Crippen LogP contribution in [0.4, 0.5) is 5.69 Å². The molecule has 0 unspecified atom stereocenters. The molecule has 2 amide bonds. The first-order valence-electron chi connectivity index (χ1n) is 8.58. The Labute approximate surface area is 145 Å². The van der Waals surface area contributed by atoms with Gasteiger partial charge < -0.3 is 15.1 Å². The number of benzene rings is 1. The highest BCUT2D eigenvalue weighted by atomic mass is 16.4. The maximum absolute atomic E-state index is 12.2. The average molecular weight is 342 g/mol. The van der Waals surface area contributed by atoms with Gasteiger partial charge in [0, 0.05) is 23.2 Å². The van der Waals surface area contributed by atoms with E-state index in [-0.39, 0.29) is 6.04 Å². The second-order valence-corrected chi connectivity index (χ2v) is 6.94. The van der Waals surface area contributed by atoms with Gasteiger partial charge in [-0.25, -0.2) is 4.79 Å². The molecular weight excluding hydrogens is 320 g/mol. The molecule has 1 fully saturated rings. The van der Waals surface area contributed by atoms with E-state index in [0.717, 1.165) is 19.3 Å². The lowest BCUT2D eigenvalue weighted by Crippen LogP contribution is -2.46. The van der Waals surface area contributed by atoms with E-state index in [9.17, 15) is 14.4 Å². The first-order chi connectivity index (χ1) is 11.9. The molecule has 0 saturated heterocycles. The Hall–Kier alpha value is -2.63. The van der Waals surface area contributed by atoms with E-state index >= 15 is 0 Å². The molecule has 3 atom stereocenters. The van der Waals surface area contributed by atoms with Crippen LogP contribution >= 0.6 is 0 Å². The van der Waals surface area contributed by atoms with Gasteiger partial charge in [-0.2, -0.15) is 0 Å². The van der Waals surface area contributed by atoms with Crippen LogP contribution in [-0.4, -0.2) is 17.9 Å². The zero-order valence-electron chi connectivity index (χ0n) is 14.4. The normalized spacial score (nSPS) is 23.2. The monoisotopic (exact) mass is 342 g/mol. The maximum Gasteiger partial charge on any atom is 0.336 e. The molecule has 1 heterocycles. The molecule has 132 valence electrons. The van der Waals surface area contributed by atoms with Crippen molar-refractivity contribution < 1.29 is 14.0 Å². The van der Waals surface area contributed by atoms with Gasteiger partial charge in [-0.05, 0) is 55.4 Å². The van der Waals surface area contributed by atoms with Crippen LogP contribution in [0.5, 0.6) is 0 Å². The average Bonchev–Trinajstić information content (AvgIpc) is 2.57. The summed E-state index contributed by atoms with van der Waals surface area (Å²) in [7, 11) is 0. The van der Waals surface area contributed by atoms with Gasteiger partial charge in [0.15, 0.2) is 0 Å². The highest BCUT2D eigenvalue weighted by molar-refractivity contribution is 6.39. The maximum atomic E-state index is 12.2. The van der Waals surface area contributed by atoms with E-state index in [4.69, 9.17) is 4.42 Å². The minimum Gasteiger partial charge on any atom is -0.423 e. The van der Waals surface area contributed by atoms with Crippen molar-refractivity contribution in [2.45, 2.75) is 39.2 Å². The zero-order chi connectivity index (χ0) is 18.0. The topological polar surface area (TPSA) is 88.4 Å². The Balaban J connectivity index is 1.64. The Morgan fingerprint density at radius 1 is 1.08 bits per heavy atom. The van der Waals surface area contributed by atoms with Crippen molar-refractivity contribution in [3.63, 3.8) is 0 Å². The molecule has 6 nitrogen and oxygen atoms in total. The number of nitrogens with one attached hydrogen (secondary N) is 2. The summed E-state index contributed by atoms with van der Waals surface area (Å²) in [6.45, 7) is 4.32. The van der Waals surface area contributed by atoms with Gasteiger partial charge in [-0.15, -0.1) is 0 Å². The lowest BCUT2D eigenvalue weighted by atomic mass is 9.80. The van der Waals surface area contributed by atoms with Crippen molar-refractivity contribution in [3.05, 3.63) is 40.8 Å². The third-order valence-corrected chi connectivity index (χ3v) is 4.83. The molecule has 1 aliphatic carbocycles. The lowest BCUT2D eigenvalue weighted by Gasteiger charge is -2.32. The van der Waals surface area contributed by atoms with E-state index < -0.39 is 17.4 Å². The molecule has 6 heteroatoms. The van der Waals surface area contributed by atoms with Crippen LogP contribution in [0.15, 0.2) is 39.5 Å². The van der Waals surface area contributed by atoms with Crippen LogP contribution in [0.25, 0.3) is 11.0 Å². The van der Waals surface area contributed by atoms with Gasteiger partial charge >= 0.3 is 17.4 Å². The summed E-state index contributed by atoms with van der Waals surface area (Å²) in [5, 5.41) is 6.11. The number of fused-ring (bicyclic) bond motifs is 1. The lowest BCUT2D eigenvalue weighted by molar-refractivity contribution is -0.137. The van der Waals surface area contributed by atoms with Crippen LogP contribution < -0.4 is 16.3 Å². The molecule has 2 aromatic rings. The number of carbonyl (C=O) groups excluding carboxylic acids is 2. The van der Waals surface area contributed by atoms with Crippen molar-refractivity contribution in [1.29, 1.82) is 0 Å². The highest BCUT2D eigenvalue weighted by Crippen LogP contribution is 2.28.